The fraction of sp³-hybridized carbons (Fsp3) is 0.467. The maximum Gasteiger partial charge on any atom is 0.252 e. The van der Waals surface area contributed by atoms with Crippen LogP contribution in [0.2, 0.25) is 0 Å². The van der Waals surface area contributed by atoms with Crippen LogP contribution < -0.4 is 0 Å². The molecule has 0 amide bonds. The van der Waals surface area contributed by atoms with Crippen molar-refractivity contribution in [3.05, 3.63) is 41.7 Å². The molecule has 0 aliphatic carbocycles. The summed E-state index contributed by atoms with van der Waals surface area (Å²) >= 11 is 0. The minimum Gasteiger partial charge on any atom is -0.386 e. The van der Waals surface area contributed by atoms with Crippen LogP contribution in [-0.2, 0) is 29.5 Å². The van der Waals surface area contributed by atoms with Crippen LogP contribution >= 0.6 is 0 Å². The highest BCUT2D eigenvalue weighted by atomic mass is 32.2. The molecule has 0 bridgehead atoms. The first-order valence-corrected chi connectivity index (χ1v) is 10.2. The first-order chi connectivity index (χ1) is 12.4. The van der Waals surface area contributed by atoms with Crippen LogP contribution in [0.1, 0.15) is 23.3 Å². The zero-order valence-electron chi connectivity index (χ0n) is 14.2. The van der Waals surface area contributed by atoms with Crippen LogP contribution in [0.4, 0.5) is 0 Å². The van der Waals surface area contributed by atoms with Crippen LogP contribution in [0, 0.1) is 0 Å². The highest BCUT2D eigenvalue weighted by molar-refractivity contribution is 7.90. The first-order valence-electron chi connectivity index (χ1n) is 8.18. The third-order valence-corrected chi connectivity index (χ3v) is 5.14. The van der Waals surface area contributed by atoms with Crippen LogP contribution in [0.25, 0.3) is 5.78 Å². The molecule has 0 aromatic carbocycles. The summed E-state index contributed by atoms with van der Waals surface area (Å²) in [6.45, 7) is 2.63. The topological polar surface area (TPSA) is 119 Å². The van der Waals surface area contributed by atoms with Gasteiger partial charge in [0.05, 0.1) is 30.2 Å². The minimum absolute atomic E-state index is 0.328. The summed E-state index contributed by atoms with van der Waals surface area (Å²) in [5.74, 6) is 0.926. The Morgan fingerprint density at radius 2 is 2.15 bits per heavy atom. The third-order valence-electron chi connectivity index (χ3n) is 4.22. The Morgan fingerprint density at radius 3 is 2.92 bits per heavy atom. The number of aliphatic hydroxyl groups excluding tert-OH is 1. The number of rotatable bonds is 5. The lowest BCUT2D eigenvalue weighted by atomic mass is 10.2. The van der Waals surface area contributed by atoms with Crippen molar-refractivity contribution < 1.29 is 13.5 Å². The molecular weight excluding hydrogens is 358 g/mol. The fourth-order valence-corrected chi connectivity index (χ4v) is 3.80. The van der Waals surface area contributed by atoms with Crippen LogP contribution in [-0.4, -0.2) is 66.3 Å². The second-order valence-corrected chi connectivity index (χ2v) is 8.68. The average Bonchev–Trinajstić information content (AvgIpc) is 3.15. The molecule has 138 valence electrons. The molecule has 0 saturated heterocycles. The number of aliphatic hydroxyl groups is 1. The molecule has 26 heavy (non-hydrogen) atoms. The third kappa shape index (κ3) is 3.59. The summed E-state index contributed by atoms with van der Waals surface area (Å²) in [7, 11) is -3.27. The largest absolute Gasteiger partial charge is 0.386 e. The normalized spacial score (nSPS) is 16.7. The van der Waals surface area contributed by atoms with Crippen molar-refractivity contribution in [2.24, 2.45) is 0 Å². The van der Waals surface area contributed by atoms with Crippen LogP contribution in [0.15, 0.2) is 24.5 Å². The standard InChI is InChI=1S/C15H19N7O3S/c1-26(24,25)10-13(23)12-7-11-8-20(5-6-21(11)18-12)9-14-17-15-16-3-2-4-22(15)19-14/h2-4,7,13,23H,5-6,8-10H2,1H3/t13-/m0/s1. The summed E-state index contributed by atoms with van der Waals surface area (Å²) in [5.41, 5.74) is 1.32. The van der Waals surface area contributed by atoms with E-state index in [4.69, 9.17) is 0 Å². The van der Waals surface area contributed by atoms with Gasteiger partial charge in [0.25, 0.3) is 5.78 Å². The van der Waals surface area contributed by atoms with E-state index in [0.717, 1.165) is 18.5 Å². The second-order valence-electron chi connectivity index (χ2n) is 6.49. The molecule has 4 heterocycles. The molecule has 0 saturated carbocycles. The van der Waals surface area contributed by atoms with Gasteiger partial charge in [-0.3, -0.25) is 9.58 Å². The molecule has 11 heteroatoms. The predicted octanol–water partition coefficient (Wildman–Crippen LogP) is -0.585. The summed E-state index contributed by atoms with van der Waals surface area (Å²) in [4.78, 5) is 10.7. The lowest BCUT2D eigenvalue weighted by molar-refractivity contribution is 0.190. The highest BCUT2D eigenvalue weighted by Gasteiger charge is 2.23. The Hall–Kier alpha value is -2.37. The molecule has 3 aromatic rings. The lowest BCUT2D eigenvalue weighted by Crippen LogP contribution is -2.33. The molecule has 1 aliphatic heterocycles. The summed E-state index contributed by atoms with van der Waals surface area (Å²) < 4.78 is 26.2. The number of hydrogen-bond donors (Lipinski definition) is 1. The molecule has 4 rings (SSSR count). The maximum absolute atomic E-state index is 11.4. The van der Waals surface area contributed by atoms with Gasteiger partial charge >= 0.3 is 0 Å². The van der Waals surface area contributed by atoms with Gasteiger partial charge in [0, 0.05) is 31.7 Å². The number of fused-ring (bicyclic) bond motifs is 2. The van der Waals surface area contributed by atoms with Gasteiger partial charge in [-0.25, -0.2) is 17.9 Å². The second kappa shape index (κ2) is 6.41. The van der Waals surface area contributed by atoms with E-state index in [0.29, 0.717) is 36.9 Å². The Labute approximate surface area is 150 Å². The van der Waals surface area contributed by atoms with Crippen LogP contribution in [0.5, 0.6) is 0 Å². The van der Waals surface area contributed by atoms with Crippen molar-refractivity contribution in [3.63, 3.8) is 0 Å². The zero-order chi connectivity index (χ0) is 18.3. The molecule has 0 fully saturated rings. The van der Waals surface area contributed by atoms with E-state index in [1.165, 1.54) is 0 Å². The van der Waals surface area contributed by atoms with Gasteiger partial charge in [-0.2, -0.15) is 10.1 Å². The van der Waals surface area contributed by atoms with Crippen molar-refractivity contribution in [2.75, 3.05) is 18.6 Å². The summed E-state index contributed by atoms with van der Waals surface area (Å²) in [5, 5.41) is 18.8. The molecule has 3 aromatic heterocycles. The first kappa shape index (κ1) is 17.1. The van der Waals surface area contributed by atoms with E-state index in [-0.39, 0.29) is 5.75 Å². The molecule has 0 radical (unpaired) electrons. The molecule has 1 N–H and O–H groups in total. The SMILES string of the molecule is CS(=O)(=O)C[C@H](O)c1cc2n(n1)CCN(Cc1nc3ncccn3n1)C2. The Bertz CT molecular complexity index is 1010. The van der Waals surface area contributed by atoms with E-state index in [1.54, 1.807) is 29.0 Å². The van der Waals surface area contributed by atoms with Crippen molar-refractivity contribution in [1.82, 2.24) is 34.3 Å². The Kier molecular flexibility index (Phi) is 4.21. The van der Waals surface area contributed by atoms with E-state index in [1.807, 2.05) is 4.68 Å². The molecule has 0 spiro atoms. The monoisotopic (exact) mass is 377 g/mol. The van der Waals surface area contributed by atoms with Gasteiger partial charge < -0.3 is 5.11 Å². The zero-order valence-corrected chi connectivity index (χ0v) is 15.0. The van der Waals surface area contributed by atoms with Crippen LogP contribution in [0.3, 0.4) is 0 Å². The van der Waals surface area contributed by atoms with Gasteiger partial charge in [0.15, 0.2) is 5.82 Å². The van der Waals surface area contributed by atoms with Crippen molar-refractivity contribution in [3.8, 4) is 0 Å². The highest BCUT2D eigenvalue weighted by Crippen LogP contribution is 2.20. The molecule has 10 nitrogen and oxygen atoms in total. The summed E-state index contributed by atoms with van der Waals surface area (Å²) in [6.07, 6.45) is 3.48. The average molecular weight is 377 g/mol. The van der Waals surface area contributed by atoms with Gasteiger partial charge in [-0.15, -0.1) is 5.10 Å². The van der Waals surface area contributed by atoms with Gasteiger partial charge in [0.1, 0.15) is 15.9 Å². The predicted molar refractivity (Wildman–Crippen MR) is 91.8 cm³/mol. The van der Waals surface area contributed by atoms with E-state index < -0.39 is 15.9 Å². The fourth-order valence-electron chi connectivity index (χ4n) is 3.06. The lowest BCUT2D eigenvalue weighted by Gasteiger charge is -2.26. The smallest absolute Gasteiger partial charge is 0.252 e. The van der Waals surface area contributed by atoms with Crippen molar-refractivity contribution >= 4 is 15.6 Å². The maximum atomic E-state index is 11.4. The molecule has 0 unspecified atom stereocenters. The van der Waals surface area contributed by atoms with E-state index in [9.17, 15) is 13.5 Å². The van der Waals surface area contributed by atoms with E-state index in [2.05, 4.69) is 25.1 Å². The van der Waals surface area contributed by atoms with Gasteiger partial charge in [0.2, 0.25) is 0 Å². The Balaban J connectivity index is 1.47. The summed E-state index contributed by atoms with van der Waals surface area (Å²) in [6, 6.07) is 3.56. The quantitative estimate of drug-likeness (QED) is 0.627. The number of nitrogens with zero attached hydrogens (tertiary/aromatic N) is 7. The van der Waals surface area contributed by atoms with Crippen molar-refractivity contribution in [1.29, 1.82) is 0 Å². The molecular formula is C15H19N7O3S. The van der Waals surface area contributed by atoms with E-state index >= 15 is 0 Å². The molecule has 1 aliphatic rings. The van der Waals surface area contributed by atoms with Crippen molar-refractivity contribution in [2.45, 2.75) is 25.7 Å². The van der Waals surface area contributed by atoms with Gasteiger partial charge in [-0.05, 0) is 12.1 Å². The minimum atomic E-state index is -3.27. The van der Waals surface area contributed by atoms with Gasteiger partial charge in [-0.1, -0.05) is 0 Å². The molecule has 1 atom stereocenters. The Morgan fingerprint density at radius 1 is 1.31 bits per heavy atom. The number of aromatic nitrogens is 6. The number of sulfone groups is 1. The number of hydrogen-bond acceptors (Lipinski definition) is 8.